The van der Waals surface area contributed by atoms with Gasteiger partial charge in [-0.2, -0.15) is 0 Å². The molecule has 6 nitrogen and oxygen atoms in total. The minimum Gasteiger partial charge on any atom is -0.361 e. The van der Waals surface area contributed by atoms with Crippen molar-refractivity contribution in [2.75, 3.05) is 5.32 Å². The Hall–Kier alpha value is -3.67. The van der Waals surface area contributed by atoms with E-state index in [-0.39, 0.29) is 18.0 Å². The topological polar surface area (TPSA) is 79.8 Å². The van der Waals surface area contributed by atoms with Crippen molar-refractivity contribution >= 4 is 22.5 Å². The fourth-order valence-electron chi connectivity index (χ4n) is 2.81. The fraction of sp³-hybridized carbons (Fsp3) is 0.0500. The molecule has 0 radical (unpaired) electrons. The molecule has 0 spiro atoms. The van der Waals surface area contributed by atoms with Gasteiger partial charge in [0.2, 0.25) is 5.91 Å². The van der Waals surface area contributed by atoms with E-state index < -0.39 is 0 Å². The summed E-state index contributed by atoms with van der Waals surface area (Å²) in [4.78, 5) is 31.7. The largest absolute Gasteiger partial charge is 0.361 e. The van der Waals surface area contributed by atoms with E-state index in [9.17, 15) is 9.59 Å². The monoisotopic (exact) mass is 344 g/mol. The molecular formula is C20H16N4O2. The van der Waals surface area contributed by atoms with Gasteiger partial charge >= 0.3 is 0 Å². The lowest BCUT2D eigenvalue weighted by Gasteiger charge is -2.09. The molecule has 0 aliphatic carbocycles. The van der Waals surface area contributed by atoms with Crippen molar-refractivity contribution in [3.8, 4) is 11.3 Å². The van der Waals surface area contributed by atoms with Crippen LogP contribution in [0.25, 0.3) is 22.2 Å². The summed E-state index contributed by atoms with van der Waals surface area (Å²) in [6.45, 7) is -0.0794. The summed E-state index contributed by atoms with van der Waals surface area (Å²) >= 11 is 0. The molecule has 0 aliphatic heterocycles. The fourth-order valence-corrected chi connectivity index (χ4v) is 2.81. The number of hydrogen-bond acceptors (Lipinski definition) is 3. The predicted octanol–water partition coefficient (Wildman–Crippen LogP) is 3.03. The molecule has 2 N–H and O–H groups in total. The van der Waals surface area contributed by atoms with Crippen LogP contribution in [0.2, 0.25) is 0 Å². The van der Waals surface area contributed by atoms with Gasteiger partial charge in [0.05, 0.1) is 11.9 Å². The Balaban J connectivity index is 1.54. The standard InChI is InChI=1S/C20H16N4O2/c25-19(23-16-7-6-15-8-9-21-17(15)10-16)13-24-12-18(22-11-20(24)26)14-4-2-1-3-5-14/h1-12,21H,13H2,(H,23,25). The van der Waals surface area contributed by atoms with Gasteiger partial charge < -0.3 is 14.9 Å². The van der Waals surface area contributed by atoms with Gasteiger partial charge in [-0.15, -0.1) is 0 Å². The van der Waals surface area contributed by atoms with Gasteiger partial charge in [0.25, 0.3) is 5.56 Å². The number of H-pyrrole nitrogens is 1. The Bertz CT molecular complexity index is 1130. The molecule has 4 rings (SSSR count). The van der Waals surface area contributed by atoms with Gasteiger partial charge in [-0.05, 0) is 23.6 Å². The molecule has 0 unspecified atom stereocenters. The van der Waals surface area contributed by atoms with E-state index in [1.54, 1.807) is 6.20 Å². The summed E-state index contributed by atoms with van der Waals surface area (Å²) in [7, 11) is 0. The van der Waals surface area contributed by atoms with Crippen LogP contribution in [0.4, 0.5) is 5.69 Å². The third kappa shape index (κ3) is 3.25. The van der Waals surface area contributed by atoms with Crippen LogP contribution in [-0.2, 0) is 11.3 Å². The first kappa shape index (κ1) is 15.8. The molecule has 2 heterocycles. The zero-order valence-electron chi connectivity index (χ0n) is 13.8. The predicted molar refractivity (Wildman–Crippen MR) is 101 cm³/mol. The second kappa shape index (κ2) is 6.68. The van der Waals surface area contributed by atoms with E-state index in [1.165, 1.54) is 10.8 Å². The van der Waals surface area contributed by atoms with Gasteiger partial charge in [-0.3, -0.25) is 9.59 Å². The minimum absolute atomic E-state index is 0.0794. The number of carbonyl (C=O) groups excluding carboxylic acids is 1. The maximum atomic E-state index is 12.4. The number of nitrogens with one attached hydrogen (secondary N) is 2. The Morgan fingerprint density at radius 3 is 2.81 bits per heavy atom. The first-order chi connectivity index (χ1) is 12.7. The Morgan fingerprint density at radius 1 is 1.12 bits per heavy atom. The first-order valence-electron chi connectivity index (χ1n) is 8.18. The number of hydrogen-bond donors (Lipinski definition) is 2. The van der Waals surface area contributed by atoms with Gasteiger partial charge in [0, 0.05) is 29.2 Å². The van der Waals surface area contributed by atoms with Gasteiger partial charge in [-0.1, -0.05) is 36.4 Å². The molecule has 128 valence electrons. The normalized spacial score (nSPS) is 10.8. The van der Waals surface area contributed by atoms with Crippen LogP contribution >= 0.6 is 0 Å². The number of nitrogens with zero attached hydrogens (tertiary/aromatic N) is 2. The SMILES string of the molecule is O=C(Cn1cc(-c2ccccc2)ncc1=O)Nc1ccc2cc[nH]c2c1. The third-order valence-corrected chi connectivity index (χ3v) is 4.10. The highest BCUT2D eigenvalue weighted by Gasteiger charge is 2.08. The van der Waals surface area contributed by atoms with Crippen LogP contribution in [0.15, 0.2) is 78.0 Å². The van der Waals surface area contributed by atoms with Gasteiger partial charge in [0.15, 0.2) is 0 Å². The lowest BCUT2D eigenvalue weighted by atomic mass is 10.2. The molecule has 6 heteroatoms. The first-order valence-corrected chi connectivity index (χ1v) is 8.18. The summed E-state index contributed by atoms with van der Waals surface area (Å²) in [5.41, 5.74) is 2.83. The highest BCUT2D eigenvalue weighted by atomic mass is 16.2. The molecule has 0 bridgehead atoms. The number of carbonyl (C=O) groups is 1. The molecule has 0 aliphatic rings. The number of benzene rings is 2. The number of aromatic nitrogens is 3. The molecule has 26 heavy (non-hydrogen) atoms. The highest BCUT2D eigenvalue weighted by Crippen LogP contribution is 2.18. The van der Waals surface area contributed by atoms with Crippen molar-refractivity contribution in [3.63, 3.8) is 0 Å². The molecule has 0 atom stereocenters. The molecule has 2 aromatic carbocycles. The van der Waals surface area contributed by atoms with E-state index in [0.29, 0.717) is 11.4 Å². The maximum absolute atomic E-state index is 12.4. The summed E-state index contributed by atoms with van der Waals surface area (Å²) < 4.78 is 1.36. The number of amides is 1. The van der Waals surface area contributed by atoms with Crippen LogP contribution in [0.3, 0.4) is 0 Å². The van der Waals surface area contributed by atoms with E-state index >= 15 is 0 Å². The number of fused-ring (bicyclic) bond motifs is 1. The molecule has 0 saturated heterocycles. The van der Waals surface area contributed by atoms with Crippen molar-refractivity contribution in [2.45, 2.75) is 6.54 Å². The zero-order valence-corrected chi connectivity index (χ0v) is 13.8. The summed E-state index contributed by atoms with van der Waals surface area (Å²) in [6, 6.07) is 17.1. The van der Waals surface area contributed by atoms with Crippen molar-refractivity contribution < 1.29 is 4.79 Å². The average Bonchev–Trinajstić information content (AvgIpc) is 3.12. The van der Waals surface area contributed by atoms with E-state index in [4.69, 9.17) is 0 Å². The van der Waals surface area contributed by atoms with Crippen molar-refractivity contribution in [1.82, 2.24) is 14.5 Å². The quantitative estimate of drug-likeness (QED) is 0.597. The third-order valence-electron chi connectivity index (χ3n) is 4.10. The number of anilines is 1. The lowest BCUT2D eigenvalue weighted by molar-refractivity contribution is -0.116. The van der Waals surface area contributed by atoms with Gasteiger partial charge in [-0.25, -0.2) is 4.98 Å². The average molecular weight is 344 g/mol. The molecule has 0 fully saturated rings. The molecule has 2 aromatic heterocycles. The Morgan fingerprint density at radius 2 is 1.96 bits per heavy atom. The Kier molecular flexibility index (Phi) is 4.07. The van der Waals surface area contributed by atoms with Crippen LogP contribution < -0.4 is 10.9 Å². The highest BCUT2D eigenvalue weighted by molar-refractivity contribution is 5.93. The van der Waals surface area contributed by atoms with E-state index in [2.05, 4.69) is 15.3 Å². The molecule has 1 amide bonds. The number of aromatic amines is 1. The number of rotatable bonds is 4. The molecule has 4 aromatic rings. The van der Waals surface area contributed by atoms with Crippen molar-refractivity contribution in [3.05, 3.63) is 83.5 Å². The second-order valence-electron chi connectivity index (χ2n) is 5.93. The van der Waals surface area contributed by atoms with E-state index in [1.807, 2.05) is 60.8 Å². The van der Waals surface area contributed by atoms with Gasteiger partial charge in [0.1, 0.15) is 6.54 Å². The maximum Gasteiger partial charge on any atom is 0.269 e. The summed E-state index contributed by atoms with van der Waals surface area (Å²) in [5.74, 6) is -0.275. The molecule has 0 saturated carbocycles. The van der Waals surface area contributed by atoms with E-state index in [0.717, 1.165) is 16.5 Å². The van der Waals surface area contributed by atoms with Crippen LogP contribution in [-0.4, -0.2) is 20.4 Å². The van der Waals surface area contributed by atoms with Crippen LogP contribution in [0.1, 0.15) is 0 Å². The second-order valence-corrected chi connectivity index (χ2v) is 5.93. The van der Waals surface area contributed by atoms with Crippen molar-refractivity contribution in [1.29, 1.82) is 0 Å². The smallest absolute Gasteiger partial charge is 0.269 e. The van der Waals surface area contributed by atoms with Crippen LogP contribution in [0.5, 0.6) is 0 Å². The summed E-state index contributed by atoms with van der Waals surface area (Å²) in [5, 5.41) is 3.89. The lowest BCUT2D eigenvalue weighted by Crippen LogP contribution is -2.27. The summed E-state index contributed by atoms with van der Waals surface area (Å²) in [6.07, 6.45) is 4.68. The van der Waals surface area contributed by atoms with Crippen molar-refractivity contribution in [2.24, 2.45) is 0 Å². The molecular weight excluding hydrogens is 328 g/mol. The van der Waals surface area contributed by atoms with Crippen LogP contribution in [0, 0.1) is 0 Å². The Labute approximate surface area is 149 Å². The zero-order chi connectivity index (χ0) is 17.9. The minimum atomic E-state index is -0.320.